The van der Waals surface area contributed by atoms with Gasteiger partial charge in [0, 0.05) is 5.41 Å². The largest absolute Gasteiger partial charge is 0.393 e. The first kappa shape index (κ1) is 18.7. The summed E-state index contributed by atoms with van der Waals surface area (Å²) in [5.74, 6) is 0.443. The molecule has 0 spiro atoms. The molecule has 9 atom stereocenters. The molecule has 4 aliphatic carbocycles. The highest BCUT2D eigenvalue weighted by Gasteiger charge is 2.68. The summed E-state index contributed by atoms with van der Waals surface area (Å²) in [7, 11) is 0. The maximum Gasteiger partial charge on any atom is 0.116 e. The number of rotatable bonds is 1. The first-order chi connectivity index (χ1) is 12.1. The minimum absolute atomic E-state index is 0.0132. The fraction of sp³-hybridized carbons (Fsp3) is 0.818. The zero-order chi connectivity index (χ0) is 19.1. The van der Waals surface area contributed by atoms with Gasteiger partial charge in [-0.2, -0.15) is 0 Å². The van der Waals surface area contributed by atoms with Crippen molar-refractivity contribution in [3.63, 3.8) is 0 Å². The van der Waals surface area contributed by atoms with Crippen LogP contribution in [0.1, 0.15) is 59.3 Å². The van der Waals surface area contributed by atoms with Crippen molar-refractivity contribution >= 4 is 0 Å². The number of aliphatic hydroxyl groups excluding tert-OH is 3. The summed E-state index contributed by atoms with van der Waals surface area (Å²) in [5.41, 5.74) is 0.107. The molecule has 4 nitrogen and oxygen atoms in total. The van der Waals surface area contributed by atoms with Crippen molar-refractivity contribution < 1.29 is 20.4 Å². The van der Waals surface area contributed by atoms with Crippen molar-refractivity contribution in [3.8, 4) is 0 Å². The van der Waals surface area contributed by atoms with Crippen molar-refractivity contribution in [1.82, 2.24) is 0 Å². The van der Waals surface area contributed by atoms with E-state index in [9.17, 15) is 20.4 Å². The van der Waals surface area contributed by atoms with Gasteiger partial charge in [-0.25, -0.2) is 0 Å². The number of hydrogen-bond acceptors (Lipinski definition) is 4. The summed E-state index contributed by atoms with van der Waals surface area (Å²) in [4.78, 5) is 0. The highest BCUT2D eigenvalue weighted by Crippen LogP contribution is 2.68. The first-order valence-corrected chi connectivity index (χ1v) is 10.2. The Morgan fingerprint density at radius 3 is 2.46 bits per heavy atom. The monoisotopic (exact) mass is 362 g/mol. The Kier molecular flexibility index (Phi) is 4.07. The second kappa shape index (κ2) is 5.66. The van der Waals surface area contributed by atoms with Gasteiger partial charge in [0.2, 0.25) is 0 Å². The topological polar surface area (TPSA) is 80.9 Å². The second-order valence-corrected chi connectivity index (χ2v) is 10.0. The lowest BCUT2D eigenvalue weighted by Gasteiger charge is -2.60. The zero-order valence-electron chi connectivity index (χ0n) is 16.3. The molecule has 146 valence electrons. The van der Waals surface area contributed by atoms with Crippen LogP contribution in [0.4, 0.5) is 0 Å². The lowest BCUT2D eigenvalue weighted by Crippen LogP contribution is -2.59. The molecule has 0 bridgehead atoms. The lowest BCUT2D eigenvalue weighted by atomic mass is 9.46. The van der Waals surface area contributed by atoms with Crippen LogP contribution in [0, 0.1) is 28.6 Å². The fourth-order valence-electron chi connectivity index (χ4n) is 7.43. The van der Waals surface area contributed by atoms with Gasteiger partial charge in [0.15, 0.2) is 0 Å². The molecular formula is C22H34O4. The van der Waals surface area contributed by atoms with Crippen molar-refractivity contribution in [2.75, 3.05) is 0 Å². The number of hydrogen-bond donors (Lipinski definition) is 4. The van der Waals surface area contributed by atoms with Crippen LogP contribution in [0.5, 0.6) is 0 Å². The third-order valence-corrected chi connectivity index (χ3v) is 8.97. The average molecular weight is 363 g/mol. The molecule has 3 fully saturated rings. The van der Waals surface area contributed by atoms with Crippen LogP contribution in [0.3, 0.4) is 0 Å². The van der Waals surface area contributed by atoms with Crippen molar-refractivity contribution in [2.45, 2.75) is 83.2 Å². The maximum absolute atomic E-state index is 11.4. The third kappa shape index (κ3) is 2.10. The minimum Gasteiger partial charge on any atom is -0.393 e. The SMILES string of the molecule is C=C(C)[C@@]1(O)[C@H](O)CC2C3C(CC[C@@]21C)[C@@]1(C)CC[C@H](O)CC1=C[C@@H]3O. The molecule has 0 heterocycles. The molecule has 0 amide bonds. The Bertz CT molecular complexity index is 657. The summed E-state index contributed by atoms with van der Waals surface area (Å²) in [6, 6.07) is 0. The van der Waals surface area contributed by atoms with Crippen molar-refractivity contribution in [1.29, 1.82) is 0 Å². The highest BCUT2D eigenvalue weighted by atomic mass is 16.3. The summed E-state index contributed by atoms with van der Waals surface area (Å²) in [6.07, 6.45) is 4.99. The maximum atomic E-state index is 11.4. The van der Waals surface area contributed by atoms with Gasteiger partial charge in [-0.1, -0.05) is 32.1 Å². The Morgan fingerprint density at radius 2 is 1.81 bits per heavy atom. The molecular weight excluding hydrogens is 328 g/mol. The zero-order valence-corrected chi connectivity index (χ0v) is 16.3. The van der Waals surface area contributed by atoms with Gasteiger partial charge in [-0.3, -0.25) is 0 Å². The van der Waals surface area contributed by atoms with Crippen molar-refractivity contribution in [3.05, 3.63) is 23.8 Å². The van der Waals surface area contributed by atoms with E-state index in [0.717, 1.165) is 25.7 Å². The van der Waals surface area contributed by atoms with Crippen LogP contribution in [-0.4, -0.2) is 44.3 Å². The molecule has 0 aromatic heterocycles. The summed E-state index contributed by atoms with van der Waals surface area (Å²) >= 11 is 0. The van der Waals surface area contributed by atoms with Gasteiger partial charge < -0.3 is 20.4 Å². The molecule has 0 saturated heterocycles. The van der Waals surface area contributed by atoms with Gasteiger partial charge in [0.1, 0.15) is 5.60 Å². The van der Waals surface area contributed by atoms with E-state index in [0.29, 0.717) is 24.3 Å². The normalized spacial score (nSPS) is 56.2. The summed E-state index contributed by atoms with van der Waals surface area (Å²) in [5, 5.41) is 43.4. The summed E-state index contributed by atoms with van der Waals surface area (Å²) < 4.78 is 0. The predicted molar refractivity (Wildman–Crippen MR) is 100 cm³/mol. The quantitative estimate of drug-likeness (QED) is 0.541. The highest BCUT2D eigenvalue weighted by molar-refractivity contribution is 5.32. The van der Waals surface area contributed by atoms with Crippen LogP contribution in [0.15, 0.2) is 23.8 Å². The van der Waals surface area contributed by atoms with E-state index in [1.807, 2.05) is 13.0 Å². The Morgan fingerprint density at radius 1 is 1.12 bits per heavy atom. The molecule has 4 aliphatic rings. The van der Waals surface area contributed by atoms with E-state index in [2.05, 4.69) is 20.4 Å². The fourth-order valence-corrected chi connectivity index (χ4v) is 7.43. The number of fused-ring (bicyclic) bond motifs is 5. The standard InChI is InChI=1S/C22H34O4/c1-12(2)22(26)18(25)11-16-19-15(6-8-21(16,22)4)20(3)7-5-14(23)9-13(20)10-17(19)24/h10,14-19,23-26H,1,5-9,11H2,2-4H3/t14-,15?,16?,17-,18+,19?,20-,21-,22+/m0/s1. The van der Waals surface area contributed by atoms with Gasteiger partial charge in [-0.15, -0.1) is 0 Å². The van der Waals surface area contributed by atoms with E-state index < -0.39 is 23.2 Å². The molecule has 0 aromatic rings. The average Bonchev–Trinajstić information content (AvgIpc) is 2.78. The molecule has 3 unspecified atom stereocenters. The van der Waals surface area contributed by atoms with Crippen LogP contribution in [0.2, 0.25) is 0 Å². The van der Waals surface area contributed by atoms with Gasteiger partial charge in [0.25, 0.3) is 0 Å². The molecule has 4 heteroatoms. The Balaban J connectivity index is 1.77. The van der Waals surface area contributed by atoms with Gasteiger partial charge in [0.05, 0.1) is 18.3 Å². The van der Waals surface area contributed by atoms with Crippen molar-refractivity contribution in [2.24, 2.45) is 28.6 Å². The van der Waals surface area contributed by atoms with Gasteiger partial charge in [-0.05, 0) is 74.2 Å². The van der Waals surface area contributed by atoms with Crippen LogP contribution in [-0.2, 0) is 0 Å². The van der Waals surface area contributed by atoms with E-state index in [-0.39, 0.29) is 23.4 Å². The molecule has 4 rings (SSSR count). The van der Waals surface area contributed by atoms with Crippen LogP contribution in [0.25, 0.3) is 0 Å². The molecule has 0 aliphatic heterocycles. The van der Waals surface area contributed by atoms with E-state index in [1.54, 1.807) is 0 Å². The number of aliphatic hydroxyl groups is 4. The molecule has 3 saturated carbocycles. The molecule has 0 aromatic carbocycles. The van der Waals surface area contributed by atoms with E-state index in [1.165, 1.54) is 5.57 Å². The molecule has 0 radical (unpaired) electrons. The minimum atomic E-state index is -1.28. The van der Waals surface area contributed by atoms with Crippen LogP contribution < -0.4 is 0 Å². The molecule has 4 N–H and O–H groups in total. The van der Waals surface area contributed by atoms with Gasteiger partial charge >= 0.3 is 0 Å². The van der Waals surface area contributed by atoms with E-state index >= 15 is 0 Å². The summed E-state index contributed by atoms with van der Waals surface area (Å²) in [6.45, 7) is 10.2. The Hall–Kier alpha value is -0.680. The smallest absolute Gasteiger partial charge is 0.116 e. The van der Waals surface area contributed by atoms with E-state index in [4.69, 9.17) is 0 Å². The second-order valence-electron chi connectivity index (χ2n) is 10.0. The third-order valence-electron chi connectivity index (χ3n) is 8.97. The van der Waals surface area contributed by atoms with Crippen LogP contribution >= 0.6 is 0 Å². The predicted octanol–water partition coefficient (Wildman–Crippen LogP) is 2.56. The molecule has 26 heavy (non-hydrogen) atoms. The Labute approximate surface area is 156 Å². The lowest BCUT2D eigenvalue weighted by molar-refractivity contribution is -0.144. The first-order valence-electron chi connectivity index (χ1n) is 10.2.